The molecule has 0 aliphatic heterocycles. The van der Waals surface area contributed by atoms with Crippen LogP contribution in [0.1, 0.15) is 11.6 Å². The van der Waals surface area contributed by atoms with Crippen LogP contribution in [0.2, 0.25) is 0 Å². The maximum Gasteiger partial charge on any atom is 0.0705 e. The topological polar surface area (TPSA) is 59.1 Å². The summed E-state index contributed by atoms with van der Waals surface area (Å²) in [7, 11) is 0. The van der Waals surface area contributed by atoms with E-state index in [1.165, 1.54) is 0 Å². The molecule has 2 aromatic rings. The number of benzene rings is 1. The Kier molecular flexibility index (Phi) is 2.43. The van der Waals surface area contributed by atoms with Crippen LogP contribution in [0.15, 0.2) is 36.5 Å². The van der Waals surface area contributed by atoms with Gasteiger partial charge in [0, 0.05) is 11.6 Å². The smallest absolute Gasteiger partial charge is 0.0705 e. The van der Waals surface area contributed by atoms with Gasteiger partial charge in [0.2, 0.25) is 0 Å². The van der Waals surface area contributed by atoms with Crippen LogP contribution in [0, 0.1) is 0 Å². The van der Waals surface area contributed by atoms with E-state index in [0.717, 1.165) is 16.5 Å². The van der Waals surface area contributed by atoms with Crippen molar-refractivity contribution < 1.29 is 5.11 Å². The number of fused-ring (bicyclic) bond motifs is 1. The van der Waals surface area contributed by atoms with Crippen LogP contribution in [-0.4, -0.2) is 16.7 Å². The van der Waals surface area contributed by atoms with Crippen LogP contribution in [-0.2, 0) is 0 Å². The third-order valence-electron chi connectivity index (χ3n) is 2.25. The summed E-state index contributed by atoms with van der Waals surface area (Å²) >= 11 is 0. The molecule has 0 saturated heterocycles. The number of aromatic nitrogens is 1. The Balaban J connectivity index is 2.51. The second kappa shape index (κ2) is 3.74. The highest BCUT2D eigenvalue weighted by molar-refractivity contribution is 5.78. The van der Waals surface area contributed by atoms with Gasteiger partial charge in [-0.1, -0.05) is 18.2 Å². The van der Waals surface area contributed by atoms with E-state index in [9.17, 15) is 0 Å². The van der Waals surface area contributed by atoms with E-state index in [1.807, 2.05) is 30.3 Å². The number of rotatable bonds is 2. The molecule has 0 radical (unpaired) electrons. The molecular formula is C11H12N2O. The number of nitrogens with two attached hydrogens (primary N) is 1. The van der Waals surface area contributed by atoms with Crippen molar-refractivity contribution in [2.45, 2.75) is 6.04 Å². The van der Waals surface area contributed by atoms with Gasteiger partial charge in [0.15, 0.2) is 0 Å². The zero-order valence-electron chi connectivity index (χ0n) is 7.72. The lowest BCUT2D eigenvalue weighted by molar-refractivity contribution is 0.268. The Bertz CT molecular complexity index is 442. The second-order valence-corrected chi connectivity index (χ2v) is 3.24. The Hall–Kier alpha value is -1.45. The van der Waals surface area contributed by atoms with Gasteiger partial charge >= 0.3 is 0 Å². The molecule has 0 saturated carbocycles. The molecule has 3 heteroatoms. The van der Waals surface area contributed by atoms with E-state index in [-0.39, 0.29) is 12.6 Å². The van der Waals surface area contributed by atoms with Gasteiger partial charge in [-0.3, -0.25) is 4.98 Å². The Morgan fingerprint density at radius 1 is 1.36 bits per heavy atom. The zero-order valence-corrected chi connectivity index (χ0v) is 7.72. The molecule has 0 amide bonds. The summed E-state index contributed by atoms with van der Waals surface area (Å²) in [5.41, 5.74) is 7.53. The quantitative estimate of drug-likeness (QED) is 0.745. The van der Waals surface area contributed by atoms with E-state index >= 15 is 0 Å². The summed E-state index contributed by atoms with van der Waals surface area (Å²) in [6.45, 7) is -0.0433. The van der Waals surface area contributed by atoms with Crippen LogP contribution in [0.5, 0.6) is 0 Å². The first-order valence-corrected chi connectivity index (χ1v) is 4.52. The molecule has 0 fully saturated rings. The number of pyridine rings is 1. The predicted molar refractivity (Wildman–Crippen MR) is 55.8 cm³/mol. The fraction of sp³-hybridized carbons (Fsp3) is 0.182. The first-order chi connectivity index (χ1) is 6.81. The number of aliphatic hydroxyl groups excluding tert-OH is 1. The average molecular weight is 188 g/mol. The summed E-state index contributed by atoms with van der Waals surface area (Å²) in [6, 6.07) is 9.38. The number of nitrogens with zero attached hydrogens (tertiary/aromatic N) is 1. The van der Waals surface area contributed by atoms with Gasteiger partial charge in [-0.2, -0.15) is 0 Å². The number of hydrogen-bond donors (Lipinski definition) is 2. The van der Waals surface area contributed by atoms with Crippen molar-refractivity contribution in [2.75, 3.05) is 6.61 Å². The van der Waals surface area contributed by atoms with E-state index in [0.29, 0.717) is 0 Å². The summed E-state index contributed by atoms with van der Waals surface area (Å²) < 4.78 is 0. The fourth-order valence-electron chi connectivity index (χ4n) is 1.42. The van der Waals surface area contributed by atoms with Gasteiger partial charge < -0.3 is 10.8 Å². The van der Waals surface area contributed by atoms with E-state index < -0.39 is 0 Å². The lowest BCUT2D eigenvalue weighted by Gasteiger charge is -2.08. The lowest BCUT2D eigenvalue weighted by Crippen LogP contribution is -2.14. The van der Waals surface area contributed by atoms with E-state index in [1.54, 1.807) is 6.20 Å². The summed E-state index contributed by atoms with van der Waals surface area (Å²) in [4.78, 5) is 4.22. The molecule has 0 spiro atoms. The molecular weight excluding hydrogens is 176 g/mol. The molecule has 0 aliphatic carbocycles. The van der Waals surface area contributed by atoms with Crippen molar-refractivity contribution in [1.29, 1.82) is 0 Å². The van der Waals surface area contributed by atoms with Crippen LogP contribution in [0.4, 0.5) is 0 Å². The Morgan fingerprint density at radius 3 is 3.00 bits per heavy atom. The minimum Gasteiger partial charge on any atom is -0.394 e. The highest BCUT2D eigenvalue weighted by Gasteiger charge is 2.04. The zero-order chi connectivity index (χ0) is 9.97. The first-order valence-electron chi connectivity index (χ1n) is 4.52. The third-order valence-corrected chi connectivity index (χ3v) is 2.25. The Morgan fingerprint density at radius 2 is 2.21 bits per heavy atom. The third kappa shape index (κ3) is 1.60. The molecule has 14 heavy (non-hydrogen) atoms. The molecule has 2 rings (SSSR count). The molecule has 72 valence electrons. The number of aliphatic hydroxyl groups is 1. The van der Waals surface area contributed by atoms with Crippen molar-refractivity contribution in [2.24, 2.45) is 5.73 Å². The van der Waals surface area contributed by atoms with Crippen LogP contribution in [0.3, 0.4) is 0 Å². The van der Waals surface area contributed by atoms with Crippen molar-refractivity contribution in [3.05, 3.63) is 42.1 Å². The normalized spacial score (nSPS) is 13.0. The van der Waals surface area contributed by atoms with Gasteiger partial charge in [-0.15, -0.1) is 0 Å². The maximum absolute atomic E-state index is 8.91. The number of hydrogen-bond acceptors (Lipinski definition) is 3. The molecule has 1 heterocycles. The van der Waals surface area contributed by atoms with Crippen LogP contribution in [0.25, 0.3) is 10.9 Å². The molecule has 1 aromatic heterocycles. The van der Waals surface area contributed by atoms with Crippen molar-refractivity contribution in [1.82, 2.24) is 4.98 Å². The average Bonchev–Trinajstić information content (AvgIpc) is 2.27. The minimum absolute atomic E-state index is 0.0433. The van der Waals surface area contributed by atoms with Crippen LogP contribution >= 0.6 is 0 Å². The van der Waals surface area contributed by atoms with E-state index in [2.05, 4.69) is 4.98 Å². The van der Waals surface area contributed by atoms with Gasteiger partial charge in [0.05, 0.1) is 18.2 Å². The first kappa shape index (κ1) is 9.12. The van der Waals surface area contributed by atoms with Gasteiger partial charge in [-0.25, -0.2) is 0 Å². The summed E-state index contributed by atoms with van der Waals surface area (Å²) in [5, 5.41) is 10.00. The SMILES string of the molecule is NC(CO)c1ccc2cccnc2c1. The Labute approximate surface area is 82.2 Å². The highest BCUT2D eigenvalue weighted by atomic mass is 16.3. The van der Waals surface area contributed by atoms with Gasteiger partial charge in [0.1, 0.15) is 0 Å². The van der Waals surface area contributed by atoms with Crippen molar-refractivity contribution >= 4 is 10.9 Å². The molecule has 0 bridgehead atoms. The molecule has 1 aromatic carbocycles. The molecule has 0 aliphatic rings. The lowest BCUT2D eigenvalue weighted by atomic mass is 10.1. The molecule has 3 nitrogen and oxygen atoms in total. The predicted octanol–water partition coefficient (Wildman–Crippen LogP) is 1.23. The summed E-state index contributed by atoms with van der Waals surface area (Å²) in [6.07, 6.45) is 1.75. The maximum atomic E-state index is 8.91. The summed E-state index contributed by atoms with van der Waals surface area (Å²) in [5.74, 6) is 0. The minimum atomic E-state index is -0.318. The van der Waals surface area contributed by atoms with Gasteiger partial charge in [-0.05, 0) is 17.7 Å². The molecule has 1 unspecified atom stereocenters. The second-order valence-electron chi connectivity index (χ2n) is 3.24. The molecule has 3 N–H and O–H groups in total. The van der Waals surface area contributed by atoms with E-state index in [4.69, 9.17) is 10.8 Å². The van der Waals surface area contributed by atoms with Crippen LogP contribution < -0.4 is 5.73 Å². The van der Waals surface area contributed by atoms with Gasteiger partial charge in [0.25, 0.3) is 0 Å². The van der Waals surface area contributed by atoms with Crippen molar-refractivity contribution in [3.8, 4) is 0 Å². The highest BCUT2D eigenvalue weighted by Crippen LogP contribution is 2.16. The molecule has 1 atom stereocenters. The fourth-order valence-corrected chi connectivity index (χ4v) is 1.42. The van der Waals surface area contributed by atoms with Crippen molar-refractivity contribution in [3.63, 3.8) is 0 Å². The monoisotopic (exact) mass is 188 g/mol. The standard InChI is InChI=1S/C11H12N2O/c12-10(7-14)9-4-3-8-2-1-5-13-11(8)6-9/h1-6,10,14H,7,12H2. The largest absolute Gasteiger partial charge is 0.394 e.